The highest BCUT2D eigenvalue weighted by atomic mass is 16.5. The number of hydrazine groups is 1. The Kier molecular flexibility index (Phi) is 11.3. The fourth-order valence-electron chi connectivity index (χ4n) is 5.65. The van der Waals surface area contributed by atoms with Gasteiger partial charge in [-0.05, 0) is 31.6 Å². The van der Waals surface area contributed by atoms with E-state index >= 15 is 0 Å². The van der Waals surface area contributed by atoms with Crippen molar-refractivity contribution in [3.8, 4) is 0 Å². The number of hydrogen-bond donors (Lipinski definition) is 4. The average molecular weight is 549 g/mol. The van der Waals surface area contributed by atoms with Crippen molar-refractivity contribution in [1.29, 1.82) is 0 Å². The Balaban J connectivity index is 1.83. The zero-order valence-corrected chi connectivity index (χ0v) is 23.4. The Morgan fingerprint density at radius 2 is 1.97 bits per heavy atom. The van der Waals surface area contributed by atoms with E-state index in [-0.39, 0.29) is 30.2 Å². The minimum Gasteiger partial charge on any atom is -0.543 e. The van der Waals surface area contributed by atoms with Crippen LogP contribution in [0.2, 0.25) is 0 Å². The summed E-state index contributed by atoms with van der Waals surface area (Å²) in [6, 6.07) is -0.0403. The molecule has 2 aliphatic rings. The lowest BCUT2D eigenvalue weighted by atomic mass is 9.93. The summed E-state index contributed by atoms with van der Waals surface area (Å²) in [5.74, 6) is -3.00. The lowest BCUT2D eigenvalue weighted by molar-refractivity contribution is -0.797. The lowest BCUT2D eigenvalue weighted by Crippen LogP contribution is -2.61. The minimum atomic E-state index is -1.12. The van der Waals surface area contributed by atoms with Crippen molar-refractivity contribution in [2.45, 2.75) is 110 Å². The predicted molar refractivity (Wildman–Crippen MR) is 138 cm³/mol. The Morgan fingerprint density at radius 1 is 1.21 bits per heavy atom. The van der Waals surface area contributed by atoms with Crippen LogP contribution in [0.15, 0.2) is 12.3 Å². The fourth-order valence-corrected chi connectivity index (χ4v) is 5.65. The van der Waals surface area contributed by atoms with E-state index in [1.807, 2.05) is 24.6 Å². The molecule has 3 rings (SSSR count). The van der Waals surface area contributed by atoms with E-state index in [4.69, 9.17) is 5.21 Å². The molecule has 1 unspecified atom stereocenters. The molecule has 1 aromatic heterocycles. The smallest absolute Gasteiger partial charge is 0.244 e. The van der Waals surface area contributed by atoms with E-state index < -0.39 is 29.9 Å². The molecule has 39 heavy (non-hydrogen) atoms. The Labute approximate surface area is 230 Å². The summed E-state index contributed by atoms with van der Waals surface area (Å²) in [6.07, 6.45) is 7.84. The maximum atomic E-state index is 13.8. The summed E-state index contributed by atoms with van der Waals surface area (Å²) in [5.41, 5.74) is 5.52. The SMILES string of the molecule is CCCCC[C@H](CC(=O)NO)C(=O)N1NCCC[C@H]1C(=O)N[C@H](c1cc[n+]2n1CCCC2C(=O)[O-])[C@@H](C)CC. The second kappa shape index (κ2) is 14.4. The van der Waals surface area contributed by atoms with E-state index in [0.29, 0.717) is 45.2 Å². The third-order valence-electron chi connectivity index (χ3n) is 8.09. The lowest BCUT2D eigenvalue weighted by Gasteiger charge is -2.38. The van der Waals surface area contributed by atoms with Gasteiger partial charge in [-0.15, -0.1) is 4.68 Å². The number of carboxylic acids is 1. The van der Waals surface area contributed by atoms with Gasteiger partial charge in [-0.3, -0.25) is 24.6 Å². The molecule has 0 bridgehead atoms. The van der Waals surface area contributed by atoms with Gasteiger partial charge >= 0.3 is 0 Å². The van der Waals surface area contributed by atoms with Crippen LogP contribution in [-0.4, -0.2) is 51.2 Å². The van der Waals surface area contributed by atoms with Gasteiger partial charge in [-0.25, -0.2) is 10.9 Å². The van der Waals surface area contributed by atoms with Gasteiger partial charge in [-0.2, -0.15) is 4.68 Å². The van der Waals surface area contributed by atoms with Gasteiger partial charge in [0.15, 0.2) is 6.20 Å². The number of carbonyl (C=O) groups is 4. The molecule has 1 aromatic rings. The normalized spacial score (nSPS) is 21.4. The van der Waals surface area contributed by atoms with E-state index in [2.05, 4.69) is 17.7 Å². The molecule has 0 spiro atoms. The van der Waals surface area contributed by atoms with Crippen LogP contribution in [0.4, 0.5) is 0 Å². The number of hydrogen-bond acceptors (Lipinski definition) is 7. The molecule has 5 atom stereocenters. The molecule has 12 heteroatoms. The topological polar surface area (TPSA) is 160 Å². The first-order chi connectivity index (χ1) is 18.7. The first-order valence-corrected chi connectivity index (χ1v) is 14.3. The summed E-state index contributed by atoms with van der Waals surface area (Å²) in [5, 5.41) is 25.3. The Morgan fingerprint density at radius 3 is 2.64 bits per heavy atom. The third-order valence-corrected chi connectivity index (χ3v) is 8.09. The summed E-state index contributed by atoms with van der Waals surface area (Å²) in [7, 11) is 0. The highest BCUT2D eigenvalue weighted by Crippen LogP contribution is 2.28. The molecule has 3 amide bonds. The quantitative estimate of drug-likeness (QED) is 0.122. The Hall–Kier alpha value is -2.99. The predicted octanol–water partition coefficient (Wildman–Crippen LogP) is 0.651. The summed E-state index contributed by atoms with van der Waals surface area (Å²) >= 11 is 0. The molecule has 12 nitrogen and oxygen atoms in total. The van der Waals surface area contributed by atoms with Gasteiger partial charge in [-0.1, -0.05) is 46.5 Å². The number of carboxylic acid groups (broad SMARTS) is 1. The molecule has 0 radical (unpaired) electrons. The minimum absolute atomic E-state index is 0.0487. The van der Waals surface area contributed by atoms with Gasteiger partial charge < -0.3 is 15.2 Å². The Bertz CT molecular complexity index is 1010. The number of nitrogens with zero attached hydrogens (tertiary/aromatic N) is 3. The average Bonchev–Trinajstić information content (AvgIpc) is 3.38. The van der Waals surface area contributed by atoms with Crippen LogP contribution < -0.4 is 26.0 Å². The zero-order chi connectivity index (χ0) is 28.5. The standard InChI is InChI=1S/C27H44N6O6/c1-4-6-7-10-19(17-23(34)30-39)26(36)33-21(11-8-14-28-33)25(35)29-24(18(3)5-2)20-13-16-32-22(27(37)38)12-9-15-31(20)32/h13,16,18-19,21-22,24,28H,4-12,14-15,17H2,1-3H3,(H3-,29,30,34,35,37,38,39)/t18-,19+,21-,22?,24-/m0/s1. The van der Waals surface area contributed by atoms with Crippen LogP contribution in [0.5, 0.6) is 0 Å². The van der Waals surface area contributed by atoms with Crippen LogP contribution in [0.1, 0.15) is 103 Å². The number of amides is 3. The zero-order valence-electron chi connectivity index (χ0n) is 23.4. The van der Waals surface area contributed by atoms with Crippen molar-refractivity contribution < 1.29 is 34.2 Å². The number of aromatic nitrogens is 2. The maximum absolute atomic E-state index is 13.8. The third kappa shape index (κ3) is 7.36. The first kappa shape index (κ1) is 30.6. The number of aliphatic carboxylic acids is 1. The van der Waals surface area contributed by atoms with Gasteiger partial charge in [0.2, 0.25) is 23.8 Å². The number of rotatable bonds is 13. The van der Waals surface area contributed by atoms with Crippen molar-refractivity contribution in [2.75, 3.05) is 6.54 Å². The van der Waals surface area contributed by atoms with Crippen molar-refractivity contribution >= 4 is 23.7 Å². The maximum Gasteiger partial charge on any atom is 0.244 e. The van der Waals surface area contributed by atoms with Crippen LogP contribution in [0.3, 0.4) is 0 Å². The molecule has 0 aliphatic carbocycles. The van der Waals surface area contributed by atoms with Crippen LogP contribution in [0, 0.1) is 11.8 Å². The molecule has 3 heterocycles. The second-order valence-corrected chi connectivity index (χ2v) is 10.8. The number of nitrogens with one attached hydrogen (secondary N) is 3. The van der Waals surface area contributed by atoms with Crippen LogP contribution >= 0.6 is 0 Å². The monoisotopic (exact) mass is 548 g/mol. The van der Waals surface area contributed by atoms with Crippen molar-refractivity contribution in [3.05, 3.63) is 18.0 Å². The summed E-state index contributed by atoms with van der Waals surface area (Å²) in [4.78, 5) is 51.0. The molecule has 0 aromatic carbocycles. The number of hydroxylamine groups is 1. The molecular weight excluding hydrogens is 504 g/mol. The number of fused-ring (bicyclic) bond motifs is 1. The highest BCUT2D eigenvalue weighted by Gasteiger charge is 2.39. The largest absolute Gasteiger partial charge is 0.543 e. The molecule has 218 valence electrons. The molecular formula is C27H44N6O6. The number of unbranched alkanes of at least 4 members (excludes halogenated alkanes) is 2. The van der Waals surface area contributed by atoms with E-state index in [9.17, 15) is 24.3 Å². The van der Waals surface area contributed by atoms with E-state index in [0.717, 1.165) is 31.4 Å². The van der Waals surface area contributed by atoms with Crippen molar-refractivity contribution in [1.82, 2.24) is 25.9 Å². The fraction of sp³-hybridized carbons (Fsp3) is 0.741. The second-order valence-electron chi connectivity index (χ2n) is 10.8. The van der Waals surface area contributed by atoms with Crippen molar-refractivity contribution in [2.24, 2.45) is 11.8 Å². The molecule has 1 fully saturated rings. The number of carbonyl (C=O) groups excluding carboxylic acids is 4. The van der Waals surface area contributed by atoms with Gasteiger partial charge in [0.25, 0.3) is 0 Å². The van der Waals surface area contributed by atoms with Gasteiger partial charge in [0.05, 0.1) is 12.6 Å². The van der Waals surface area contributed by atoms with Gasteiger partial charge in [0, 0.05) is 31.4 Å². The van der Waals surface area contributed by atoms with Gasteiger partial charge in [0.1, 0.15) is 17.7 Å². The van der Waals surface area contributed by atoms with E-state index in [1.54, 1.807) is 16.4 Å². The van der Waals surface area contributed by atoms with Crippen LogP contribution in [0.25, 0.3) is 0 Å². The molecule has 4 N–H and O–H groups in total. The van der Waals surface area contributed by atoms with E-state index in [1.165, 1.54) is 5.01 Å². The highest BCUT2D eigenvalue weighted by molar-refractivity contribution is 5.90. The first-order valence-electron chi connectivity index (χ1n) is 14.3. The molecule has 2 aliphatic heterocycles. The summed E-state index contributed by atoms with van der Waals surface area (Å²) < 4.78 is 3.60. The summed E-state index contributed by atoms with van der Waals surface area (Å²) in [6.45, 7) is 7.29. The van der Waals surface area contributed by atoms with Crippen LogP contribution in [-0.2, 0) is 25.7 Å². The molecule has 0 saturated carbocycles. The van der Waals surface area contributed by atoms with Crippen molar-refractivity contribution in [3.63, 3.8) is 0 Å². The molecule has 1 saturated heterocycles.